The minimum atomic E-state index is -0.0331. The maximum atomic E-state index is 12.4. The van der Waals surface area contributed by atoms with Crippen molar-refractivity contribution in [2.24, 2.45) is 0 Å². The van der Waals surface area contributed by atoms with E-state index in [1.807, 2.05) is 29.2 Å². The van der Waals surface area contributed by atoms with Gasteiger partial charge in [0.25, 0.3) is 0 Å². The number of amides is 2. The molecule has 1 aromatic carbocycles. The van der Waals surface area contributed by atoms with E-state index in [1.54, 1.807) is 6.20 Å². The summed E-state index contributed by atoms with van der Waals surface area (Å²) in [6.07, 6.45) is 5.88. The van der Waals surface area contributed by atoms with Gasteiger partial charge in [0.2, 0.25) is 0 Å². The van der Waals surface area contributed by atoms with E-state index < -0.39 is 0 Å². The van der Waals surface area contributed by atoms with Gasteiger partial charge < -0.3 is 4.90 Å². The average Bonchev–Trinajstić information content (AvgIpc) is 3.03. The molecule has 0 bridgehead atoms. The Labute approximate surface area is 131 Å². The molecule has 1 saturated heterocycles. The third-order valence-corrected chi connectivity index (χ3v) is 4.15. The molecule has 0 radical (unpaired) electrons. The van der Waals surface area contributed by atoms with E-state index in [9.17, 15) is 4.79 Å². The molecule has 0 spiro atoms. The Morgan fingerprint density at radius 1 is 1.18 bits per heavy atom. The van der Waals surface area contributed by atoms with Crippen LogP contribution in [0.15, 0.2) is 54.7 Å². The van der Waals surface area contributed by atoms with Gasteiger partial charge in [0.1, 0.15) is 5.82 Å². The lowest BCUT2D eigenvalue weighted by molar-refractivity contribution is 0.204. The molecule has 1 aromatic heterocycles. The normalized spacial score (nSPS) is 17.5. The van der Waals surface area contributed by atoms with Crippen LogP contribution in [0, 0.1) is 0 Å². The quantitative estimate of drug-likeness (QED) is 0.934. The second-order valence-electron chi connectivity index (χ2n) is 5.66. The number of anilines is 1. The average molecular weight is 295 g/mol. The van der Waals surface area contributed by atoms with Gasteiger partial charge in [-0.3, -0.25) is 5.32 Å². The highest BCUT2D eigenvalue weighted by Gasteiger charge is 2.28. The summed E-state index contributed by atoms with van der Waals surface area (Å²) in [4.78, 5) is 18.5. The molecule has 22 heavy (non-hydrogen) atoms. The molecule has 0 aliphatic carbocycles. The summed E-state index contributed by atoms with van der Waals surface area (Å²) >= 11 is 0. The van der Waals surface area contributed by atoms with Gasteiger partial charge in [0.05, 0.1) is 0 Å². The SMILES string of the molecule is O=C(Nc1ccccn1)N1CCCC1CCc1ccccc1. The first kappa shape index (κ1) is 14.6. The van der Waals surface area contributed by atoms with Crippen molar-refractivity contribution in [3.8, 4) is 0 Å². The van der Waals surface area contributed by atoms with Crippen LogP contribution in [-0.2, 0) is 6.42 Å². The molecule has 1 unspecified atom stereocenters. The van der Waals surface area contributed by atoms with E-state index in [0.29, 0.717) is 11.9 Å². The topological polar surface area (TPSA) is 45.2 Å². The van der Waals surface area contributed by atoms with Crippen LogP contribution in [0.1, 0.15) is 24.8 Å². The van der Waals surface area contributed by atoms with Crippen molar-refractivity contribution in [2.75, 3.05) is 11.9 Å². The summed E-state index contributed by atoms with van der Waals surface area (Å²) in [7, 11) is 0. The number of nitrogens with one attached hydrogen (secondary N) is 1. The van der Waals surface area contributed by atoms with Crippen molar-refractivity contribution in [1.82, 2.24) is 9.88 Å². The molecule has 1 aliphatic heterocycles. The lowest BCUT2D eigenvalue weighted by atomic mass is 10.0. The second-order valence-corrected chi connectivity index (χ2v) is 5.66. The molecule has 3 rings (SSSR count). The van der Waals surface area contributed by atoms with Crippen molar-refractivity contribution in [3.05, 3.63) is 60.3 Å². The van der Waals surface area contributed by atoms with Crippen LogP contribution in [-0.4, -0.2) is 28.5 Å². The fourth-order valence-corrected chi connectivity index (χ4v) is 3.00. The van der Waals surface area contributed by atoms with E-state index in [-0.39, 0.29) is 6.03 Å². The minimum Gasteiger partial charge on any atom is -0.322 e. The predicted molar refractivity (Wildman–Crippen MR) is 87.7 cm³/mol. The Kier molecular flexibility index (Phi) is 4.68. The van der Waals surface area contributed by atoms with Gasteiger partial charge in [-0.25, -0.2) is 9.78 Å². The van der Waals surface area contributed by atoms with Gasteiger partial charge in [0, 0.05) is 18.8 Å². The highest BCUT2D eigenvalue weighted by molar-refractivity contribution is 5.88. The van der Waals surface area contributed by atoms with Crippen molar-refractivity contribution in [1.29, 1.82) is 0 Å². The summed E-state index contributed by atoms with van der Waals surface area (Å²) in [5, 5.41) is 2.89. The molecular formula is C18H21N3O. The zero-order valence-corrected chi connectivity index (χ0v) is 12.6. The summed E-state index contributed by atoms with van der Waals surface area (Å²) in [5.41, 5.74) is 1.33. The molecule has 0 saturated carbocycles. The zero-order valence-electron chi connectivity index (χ0n) is 12.6. The Hall–Kier alpha value is -2.36. The molecule has 1 aliphatic rings. The molecule has 1 N–H and O–H groups in total. The highest BCUT2D eigenvalue weighted by atomic mass is 16.2. The number of hydrogen-bond donors (Lipinski definition) is 1. The van der Waals surface area contributed by atoms with E-state index in [2.05, 4.69) is 34.6 Å². The second kappa shape index (κ2) is 7.07. The van der Waals surface area contributed by atoms with E-state index in [0.717, 1.165) is 32.2 Å². The van der Waals surface area contributed by atoms with Crippen molar-refractivity contribution >= 4 is 11.8 Å². The molecule has 1 fully saturated rings. The number of hydrogen-bond acceptors (Lipinski definition) is 2. The van der Waals surface area contributed by atoms with Crippen LogP contribution in [0.25, 0.3) is 0 Å². The number of carbonyl (C=O) groups excluding carboxylic acids is 1. The maximum absolute atomic E-state index is 12.4. The maximum Gasteiger partial charge on any atom is 0.323 e. The number of nitrogens with zero attached hydrogens (tertiary/aromatic N) is 2. The number of pyridine rings is 1. The fraction of sp³-hybridized carbons (Fsp3) is 0.333. The summed E-state index contributed by atoms with van der Waals surface area (Å²) in [5.74, 6) is 0.612. The number of likely N-dealkylation sites (tertiary alicyclic amines) is 1. The number of carbonyl (C=O) groups is 1. The number of benzene rings is 1. The summed E-state index contributed by atoms with van der Waals surface area (Å²) in [6.45, 7) is 0.831. The molecule has 2 heterocycles. The zero-order chi connectivity index (χ0) is 15.2. The highest BCUT2D eigenvalue weighted by Crippen LogP contribution is 2.22. The third-order valence-electron chi connectivity index (χ3n) is 4.15. The largest absolute Gasteiger partial charge is 0.323 e. The lowest BCUT2D eigenvalue weighted by Gasteiger charge is -2.24. The molecule has 2 aromatic rings. The molecule has 1 atom stereocenters. The number of rotatable bonds is 4. The Bertz CT molecular complexity index is 600. The van der Waals surface area contributed by atoms with Gasteiger partial charge in [0.15, 0.2) is 0 Å². The Morgan fingerprint density at radius 3 is 2.77 bits per heavy atom. The fourth-order valence-electron chi connectivity index (χ4n) is 3.00. The first-order chi connectivity index (χ1) is 10.8. The van der Waals surface area contributed by atoms with Crippen LogP contribution in [0.5, 0.6) is 0 Å². The van der Waals surface area contributed by atoms with Gasteiger partial charge in [-0.05, 0) is 43.4 Å². The first-order valence-corrected chi connectivity index (χ1v) is 7.85. The summed E-state index contributed by atoms with van der Waals surface area (Å²) in [6, 6.07) is 16.3. The van der Waals surface area contributed by atoms with Crippen molar-refractivity contribution in [2.45, 2.75) is 31.7 Å². The van der Waals surface area contributed by atoms with Crippen LogP contribution in [0.4, 0.5) is 10.6 Å². The third kappa shape index (κ3) is 3.64. The van der Waals surface area contributed by atoms with E-state index in [1.165, 1.54) is 5.56 Å². The van der Waals surface area contributed by atoms with Crippen LogP contribution >= 0.6 is 0 Å². The van der Waals surface area contributed by atoms with Gasteiger partial charge in [-0.1, -0.05) is 36.4 Å². The predicted octanol–water partition coefficient (Wildman–Crippen LogP) is 3.71. The standard InChI is InChI=1S/C18H21N3O/c22-18(20-17-10-4-5-13-19-17)21-14-6-9-16(21)12-11-15-7-2-1-3-8-15/h1-5,7-8,10,13,16H,6,9,11-12,14H2,(H,19,20,22). The Morgan fingerprint density at radius 2 is 2.00 bits per heavy atom. The van der Waals surface area contributed by atoms with Crippen LogP contribution in [0.3, 0.4) is 0 Å². The van der Waals surface area contributed by atoms with Crippen LogP contribution < -0.4 is 5.32 Å². The molecular weight excluding hydrogens is 274 g/mol. The number of aromatic nitrogens is 1. The smallest absolute Gasteiger partial charge is 0.322 e. The van der Waals surface area contributed by atoms with Crippen LogP contribution in [0.2, 0.25) is 0 Å². The van der Waals surface area contributed by atoms with Crippen molar-refractivity contribution in [3.63, 3.8) is 0 Å². The number of aryl methyl sites for hydroxylation is 1. The molecule has 114 valence electrons. The molecule has 4 nitrogen and oxygen atoms in total. The van der Waals surface area contributed by atoms with Gasteiger partial charge in [-0.15, -0.1) is 0 Å². The van der Waals surface area contributed by atoms with Gasteiger partial charge in [-0.2, -0.15) is 0 Å². The summed E-state index contributed by atoms with van der Waals surface area (Å²) < 4.78 is 0. The first-order valence-electron chi connectivity index (χ1n) is 7.85. The Balaban J connectivity index is 1.57. The van der Waals surface area contributed by atoms with E-state index in [4.69, 9.17) is 0 Å². The van der Waals surface area contributed by atoms with E-state index >= 15 is 0 Å². The molecule has 4 heteroatoms. The lowest BCUT2D eigenvalue weighted by Crippen LogP contribution is -2.39. The number of urea groups is 1. The van der Waals surface area contributed by atoms with Crippen molar-refractivity contribution < 1.29 is 4.79 Å². The molecule has 2 amide bonds. The van der Waals surface area contributed by atoms with Gasteiger partial charge >= 0.3 is 6.03 Å². The monoisotopic (exact) mass is 295 g/mol. The minimum absolute atomic E-state index is 0.0331.